The van der Waals surface area contributed by atoms with Crippen molar-refractivity contribution >= 4 is 17.3 Å². The second-order valence-electron chi connectivity index (χ2n) is 6.37. The first-order chi connectivity index (χ1) is 15.4. The van der Waals surface area contributed by atoms with Crippen molar-refractivity contribution in [3.8, 4) is 12.3 Å². The molecule has 0 unspecified atom stereocenters. The minimum Gasteiger partial charge on any atom is -0.460 e. The molecule has 0 fully saturated rings. The predicted octanol–water partition coefficient (Wildman–Crippen LogP) is 4.29. The van der Waals surface area contributed by atoms with Crippen molar-refractivity contribution in [2.75, 3.05) is 51.6 Å². The first-order valence-electron chi connectivity index (χ1n) is 9.79. The fraction of sp³-hybridized carbons (Fsp3) is 0.348. The van der Waals surface area contributed by atoms with Crippen LogP contribution in [0.3, 0.4) is 0 Å². The second-order valence-corrected chi connectivity index (χ2v) is 6.37. The summed E-state index contributed by atoms with van der Waals surface area (Å²) in [6, 6.07) is 11.1. The molecule has 0 aliphatic rings. The van der Waals surface area contributed by atoms with Crippen LogP contribution in [0.25, 0.3) is 0 Å². The number of hydrogen-bond donors (Lipinski definition) is 1. The van der Waals surface area contributed by atoms with Crippen LogP contribution in [0, 0.1) is 12.3 Å². The molecule has 172 valence electrons. The van der Waals surface area contributed by atoms with E-state index in [1.807, 2.05) is 0 Å². The van der Waals surface area contributed by atoms with Crippen molar-refractivity contribution in [3.05, 3.63) is 59.7 Å². The number of carbonyl (C=O) groups excluding carboxylic acids is 1. The molecular formula is C23H24F3NO5. The van der Waals surface area contributed by atoms with Gasteiger partial charge in [0.15, 0.2) is 0 Å². The predicted molar refractivity (Wildman–Crippen MR) is 113 cm³/mol. The summed E-state index contributed by atoms with van der Waals surface area (Å²) in [4.78, 5) is 12.4. The maximum Gasteiger partial charge on any atom is 0.416 e. The van der Waals surface area contributed by atoms with E-state index in [0.717, 1.165) is 12.1 Å². The Kier molecular flexibility index (Phi) is 10.5. The summed E-state index contributed by atoms with van der Waals surface area (Å²) in [7, 11) is 0. The average Bonchev–Trinajstić information content (AvgIpc) is 2.77. The van der Waals surface area contributed by atoms with E-state index in [1.165, 1.54) is 18.2 Å². The lowest BCUT2D eigenvalue weighted by Crippen LogP contribution is -2.15. The Labute approximate surface area is 184 Å². The van der Waals surface area contributed by atoms with E-state index in [9.17, 15) is 18.0 Å². The van der Waals surface area contributed by atoms with Gasteiger partial charge in [0.1, 0.15) is 13.2 Å². The fourth-order valence-electron chi connectivity index (χ4n) is 2.54. The molecule has 0 aliphatic heterocycles. The summed E-state index contributed by atoms with van der Waals surface area (Å²) in [6.45, 7) is 1.90. The van der Waals surface area contributed by atoms with Gasteiger partial charge in [0.25, 0.3) is 0 Å². The molecule has 0 spiro atoms. The lowest BCUT2D eigenvalue weighted by molar-refractivity contribution is -0.137. The molecule has 6 nitrogen and oxygen atoms in total. The topological polar surface area (TPSA) is 66.0 Å². The summed E-state index contributed by atoms with van der Waals surface area (Å²) in [6.07, 6.45) is 0.584. The van der Waals surface area contributed by atoms with E-state index < -0.39 is 17.7 Å². The third-order valence-electron chi connectivity index (χ3n) is 4.01. The molecule has 0 aromatic heterocycles. The normalized spacial score (nSPS) is 11.1. The molecule has 0 saturated carbocycles. The van der Waals surface area contributed by atoms with Crippen LogP contribution in [0.4, 0.5) is 24.5 Å². The van der Waals surface area contributed by atoms with E-state index in [1.54, 1.807) is 18.2 Å². The molecule has 0 aliphatic carbocycles. The Bertz CT molecular complexity index is 896. The van der Waals surface area contributed by atoms with Crippen LogP contribution in [0.5, 0.6) is 0 Å². The van der Waals surface area contributed by atoms with Crippen LogP contribution in [0.1, 0.15) is 15.9 Å². The Morgan fingerprint density at radius 1 is 0.906 bits per heavy atom. The van der Waals surface area contributed by atoms with Crippen molar-refractivity contribution in [3.63, 3.8) is 0 Å². The molecule has 2 aromatic rings. The molecule has 0 radical (unpaired) electrons. The van der Waals surface area contributed by atoms with Crippen molar-refractivity contribution in [1.29, 1.82) is 0 Å². The lowest BCUT2D eigenvalue weighted by Gasteiger charge is -2.13. The zero-order valence-electron chi connectivity index (χ0n) is 17.3. The number of nitrogens with one attached hydrogen (secondary N) is 1. The van der Waals surface area contributed by atoms with Gasteiger partial charge in [0, 0.05) is 5.69 Å². The molecule has 0 saturated heterocycles. The molecule has 32 heavy (non-hydrogen) atoms. The van der Waals surface area contributed by atoms with Gasteiger partial charge in [-0.2, -0.15) is 13.2 Å². The summed E-state index contributed by atoms with van der Waals surface area (Å²) in [5.74, 6) is 1.73. The fourth-order valence-corrected chi connectivity index (χ4v) is 2.54. The number of hydrogen-bond acceptors (Lipinski definition) is 6. The lowest BCUT2D eigenvalue weighted by atomic mass is 10.1. The zero-order valence-corrected chi connectivity index (χ0v) is 17.3. The number of alkyl halides is 3. The van der Waals surface area contributed by atoms with Crippen molar-refractivity contribution < 1.29 is 36.9 Å². The van der Waals surface area contributed by atoms with Gasteiger partial charge >= 0.3 is 12.1 Å². The quantitative estimate of drug-likeness (QED) is 0.279. The average molecular weight is 451 g/mol. The number of esters is 1. The third-order valence-corrected chi connectivity index (χ3v) is 4.01. The van der Waals surface area contributed by atoms with Gasteiger partial charge in [-0.1, -0.05) is 24.1 Å². The number of ether oxygens (including phenoxy) is 4. The van der Waals surface area contributed by atoms with Crippen LogP contribution < -0.4 is 5.32 Å². The monoisotopic (exact) mass is 451 g/mol. The van der Waals surface area contributed by atoms with Gasteiger partial charge in [0.2, 0.25) is 0 Å². The summed E-state index contributed by atoms with van der Waals surface area (Å²) >= 11 is 0. The first-order valence-corrected chi connectivity index (χ1v) is 9.79. The van der Waals surface area contributed by atoms with Gasteiger partial charge in [-0.05, 0) is 30.3 Å². The molecule has 0 amide bonds. The highest BCUT2D eigenvalue weighted by Crippen LogP contribution is 2.31. The van der Waals surface area contributed by atoms with Crippen LogP contribution in [0.15, 0.2) is 48.5 Å². The van der Waals surface area contributed by atoms with Crippen LogP contribution in [0.2, 0.25) is 0 Å². The van der Waals surface area contributed by atoms with Crippen molar-refractivity contribution in [2.45, 2.75) is 6.18 Å². The van der Waals surface area contributed by atoms with E-state index in [4.69, 9.17) is 25.4 Å². The Hall–Kier alpha value is -3.06. The Morgan fingerprint density at radius 3 is 2.25 bits per heavy atom. The first kappa shape index (κ1) is 25.2. The van der Waals surface area contributed by atoms with E-state index in [-0.39, 0.29) is 31.1 Å². The summed E-state index contributed by atoms with van der Waals surface area (Å²) in [5, 5.41) is 2.84. The molecular weight excluding hydrogens is 427 g/mol. The third kappa shape index (κ3) is 8.98. The molecule has 2 aromatic carbocycles. The van der Waals surface area contributed by atoms with Crippen LogP contribution in [-0.4, -0.2) is 52.2 Å². The maximum atomic E-state index is 12.9. The highest BCUT2D eigenvalue weighted by molar-refractivity contribution is 5.96. The number of anilines is 2. The Balaban J connectivity index is 1.76. The van der Waals surface area contributed by atoms with Gasteiger partial charge in [-0.25, -0.2) is 4.79 Å². The number of terminal acetylenes is 1. The van der Waals surface area contributed by atoms with Gasteiger partial charge < -0.3 is 24.3 Å². The summed E-state index contributed by atoms with van der Waals surface area (Å²) in [5.41, 5.74) is -0.0599. The number of benzene rings is 2. The van der Waals surface area contributed by atoms with Gasteiger partial charge in [-0.3, -0.25) is 0 Å². The van der Waals surface area contributed by atoms with Gasteiger partial charge in [0.05, 0.1) is 49.8 Å². The van der Waals surface area contributed by atoms with Crippen molar-refractivity contribution in [2.24, 2.45) is 0 Å². The van der Waals surface area contributed by atoms with Crippen LogP contribution in [-0.2, 0) is 25.1 Å². The highest BCUT2D eigenvalue weighted by Gasteiger charge is 2.30. The van der Waals surface area contributed by atoms with Crippen LogP contribution >= 0.6 is 0 Å². The van der Waals surface area contributed by atoms with Crippen molar-refractivity contribution in [1.82, 2.24) is 0 Å². The van der Waals surface area contributed by atoms with E-state index in [2.05, 4.69) is 11.2 Å². The van der Waals surface area contributed by atoms with E-state index >= 15 is 0 Å². The number of para-hydroxylation sites is 1. The van der Waals surface area contributed by atoms with E-state index in [0.29, 0.717) is 32.1 Å². The standard InChI is InChI=1S/C23H24F3NO5/c1-2-10-29-11-12-30-13-14-31-15-16-32-22(28)20-8-3-4-9-21(20)27-19-7-5-6-18(17-19)23(24,25)26/h1,3-9,17,27H,10-16H2. The minimum absolute atomic E-state index is 0.0159. The molecule has 0 atom stereocenters. The number of carbonyl (C=O) groups is 1. The summed E-state index contributed by atoms with van der Waals surface area (Å²) < 4.78 is 59.6. The molecule has 9 heteroatoms. The number of halogens is 3. The molecule has 0 bridgehead atoms. The largest absolute Gasteiger partial charge is 0.460 e. The maximum absolute atomic E-state index is 12.9. The number of rotatable bonds is 13. The smallest absolute Gasteiger partial charge is 0.416 e. The minimum atomic E-state index is -4.46. The Morgan fingerprint density at radius 2 is 1.56 bits per heavy atom. The molecule has 0 heterocycles. The second kappa shape index (κ2) is 13.4. The SMILES string of the molecule is C#CCOCCOCCOCCOC(=O)c1ccccc1Nc1cccc(C(F)(F)F)c1. The molecule has 1 N–H and O–H groups in total. The highest BCUT2D eigenvalue weighted by atomic mass is 19.4. The van der Waals surface area contributed by atoms with Gasteiger partial charge in [-0.15, -0.1) is 6.42 Å². The molecule has 2 rings (SSSR count). The zero-order chi connectivity index (χ0) is 23.2.